The fraction of sp³-hybridized carbons (Fsp3) is 1.00. The van der Waals surface area contributed by atoms with Crippen molar-refractivity contribution in [3.05, 3.63) is 0 Å². The predicted octanol–water partition coefficient (Wildman–Crippen LogP) is 0.751. The van der Waals surface area contributed by atoms with E-state index < -0.39 is 36.9 Å². The van der Waals surface area contributed by atoms with Gasteiger partial charge in [-0.2, -0.15) is 0 Å². The summed E-state index contributed by atoms with van der Waals surface area (Å²) < 4.78 is 23.4. The van der Waals surface area contributed by atoms with Gasteiger partial charge in [0, 0.05) is 6.61 Å². The summed E-state index contributed by atoms with van der Waals surface area (Å²) in [7, 11) is -5.36. The Morgan fingerprint density at radius 3 is 2.12 bits per heavy atom. The molecule has 1 aliphatic rings. The quantitative estimate of drug-likeness (QED) is 0.618. The van der Waals surface area contributed by atoms with Gasteiger partial charge in [-0.25, -0.2) is 0 Å². The van der Waals surface area contributed by atoms with E-state index in [9.17, 15) is 0 Å². The molecule has 0 aromatic carbocycles. The Bertz CT molecular complexity index is 179. The van der Waals surface area contributed by atoms with Crippen LogP contribution in [0.1, 0.15) is 12.8 Å². The van der Waals surface area contributed by atoms with Gasteiger partial charge in [0.2, 0.25) is 0 Å². The van der Waals surface area contributed by atoms with Gasteiger partial charge < -0.3 is 16.8 Å². The normalized spacial score (nSPS) is 39.8. The van der Waals surface area contributed by atoms with Gasteiger partial charge in [0.15, 0.2) is 9.04 Å². The molecule has 4 unspecified atom stereocenters. The van der Waals surface area contributed by atoms with Crippen LogP contribution >= 0.6 is 0 Å². The molecule has 0 amide bonds. The molecule has 0 spiro atoms. The first kappa shape index (κ1) is 14.8. The molecule has 0 aliphatic carbocycles. The lowest BCUT2D eigenvalue weighted by Gasteiger charge is -2.24. The molecule has 8 heteroatoms. The fourth-order valence-corrected chi connectivity index (χ4v) is 12.6. The number of hydrogen-bond acceptors (Lipinski definition) is 4. The minimum absolute atomic E-state index is 0.850. The second-order valence-electron chi connectivity index (χ2n) is 4.29. The molecule has 4 atom stereocenters. The molecule has 0 bridgehead atoms. The predicted molar refractivity (Wildman–Crippen MR) is 75.3 cm³/mol. The molecular formula is C8H24O4Si4. The summed E-state index contributed by atoms with van der Waals surface area (Å²) in [5.74, 6) is 0. The second-order valence-corrected chi connectivity index (χ2v) is 13.5. The number of hydrogen-bond donors (Lipinski definition) is 0. The van der Waals surface area contributed by atoms with E-state index in [1.54, 1.807) is 0 Å². The SMILES string of the molecule is C[SiH]1CCCCO[SiH](C)O[SiH](C)O[SiH](C)O1. The highest BCUT2D eigenvalue weighted by molar-refractivity contribution is 6.68. The van der Waals surface area contributed by atoms with Gasteiger partial charge in [0.1, 0.15) is 0 Å². The molecule has 0 aromatic heterocycles. The standard InChI is InChI=1S/C8H24O4Si4/c1-13-8-6-5-7-9-14(2)11-16(4)12-15(3)10-13/h13-16H,5-8H2,1-4H3. The molecule has 1 fully saturated rings. The first-order valence-electron chi connectivity index (χ1n) is 6.16. The third kappa shape index (κ3) is 6.44. The van der Waals surface area contributed by atoms with Crippen LogP contribution in [0, 0.1) is 0 Å². The van der Waals surface area contributed by atoms with Crippen LogP contribution in [0.2, 0.25) is 32.2 Å². The van der Waals surface area contributed by atoms with Crippen LogP contribution in [-0.4, -0.2) is 43.5 Å². The van der Waals surface area contributed by atoms with Crippen molar-refractivity contribution in [3.8, 4) is 0 Å². The summed E-state index contributed by atoms with van der Waals surface area (Å²) in [4.78, 5) is 0. The summed E-state index contributed by atoms with van der Waals surface area (Å²) in [5.41, 5.74) is 0. The van der Waals surface area contributed by atoms with Crippen LogP contribution in [0.3, 0.4) is 0 Å². The summed E-state index contributed by atoms with van der Waals surface area (Å²) in [6.07, 6.45) is 2.37. The van der Waals surface area contributed by atoms with Crippen molar-refractivity contribution in [2.45, 2.75) is 45.1 Å². The Balaban J connectivity index is 2.42. The fourth-order valence-electron chi connectivity index (χ4n) is 1.82. The van der Waals surface area contributed by atoms with E-state index in [0.717, 1.165) is 13.0 Å². The van der Waals surface area contributed by atoms with Crippen molar-refractivity contribution in [3.63, 3.8) is 0 Å². The molecule has 4 nitrogen and oxygen atoms in total. The van der Waals surface area contributed by atoms with Gasteiger partial charge in [0.05, 0.1) is 0 Å². The van der Waals surface area contributed by atoms with Crippen molar-refractivity contribution >= 4 is 36.9 Å². The highest BCUT2D eigenvalue weighted by atomic mass is 28.4. The van der Waals surface area contributed by atoms with Gasteiger partial charge in [-0.05, 0) is 38.7 Å². The summed E-state index contributed by atoms with van der Waals surface area (Å²) in [5, 5.41) is 0. The van der Waals surface area contributed by atoms with Crippen LogP contribution in [0.25, 0.3) is 0 Å². The van der Waals surface area contributed by atoms with Crippen LogP contribution in [-0.2, 0) is 16.8 Å². The lowest BCUT2D eigenvalue weighted by Crippen LogP contribution is -2.37. The lowest BCUT2D eigenvalue weighted by atomic mass is 10.4. The molecule has 96 valence electrons. The van der Waals surface area contributed by atoms with Crippen molar-refractivity contribution in [2.24, 2.45) is 0 Å². The van der Waals surface area contributed by atoms with Crippen LogP contribution in [0.15, 0.2) is 0 Å². The lowest BCUT2D eigenvalue weighted by molar-refractivity contribution is 0.249. The molecule has 1 heterocycles. The maximum atomic E-state index is 6.01. The number of rotatable bonds is 0. The van der Waals surface area contributed by atoms with Crippen molar-refractivity contribution < 1.29 is 16.8 Å². The monoisotopic (exact) mass is 296 g/mol. The van der Waals surface area contributed by atoms with Gasteiger partial charge in [-0.15, -0.1) is 0 Å². The Labute approximate surface area is 106 Å². The Morgan fingerprint density at radius 2 is 1.38 bits per heavy atom. The summed E-state index contributed by atoms with van der Waals surface area (Å²) in [6, 6.07) is 1.25. The highest BCUT2D eigenvalue weighted by Crippen LogP contribution is 2.08. The van der Waals surface area contributed by atoms with Gasteiger partial charge >= 0.3 is 9.28 Å². The average molecular weight is 297 g/mol. The van der Waals surface area contributed by atoms with Crippen LogP contribution in [0.5, 0.6) is 0 Å². The Morgan fingerprint density at radius 1 is 0.750 bits per heavy atom. The second kappa shape index (κ2) is 7.92. The van der Waals surface area contributed by atoms with Gasteiger partial charge in [0.25, 0.3) is 18.6 Å². The smallest absolute Gasteiger partial charge is 0.309 e. The average Bonchev–Trinajstić information content (AvgIpc) is 2.14. The summed E-state index contributed by atoms with van der Waals surface area (Å²) in [6.45, 7) is 9.41. The van der Waals surface area contributed by atoms with E-state index in [1.165, 1.54) is 12.5 Å². The molecule has 1 aliphatic heterocycles. The van der Waals surface area contributed by atoms with E-state index in [2.05, 4.69) is 26.2 Å². The topological polar surface area (TPSA) is 36.9 Å². The third-order valence-electron chi connectivity index (χ3n) is 2.55. The molecule has 1 saturated heterocycles. The van der Waals surface area contributed by atoms with E-state index >= 15 is 0 Å². The molecular weight excluding hydrogens is 272 g/mol. The molecule has 0 N–H and O–H groups in total. The van der Waals surface area contributed by atoms with Crippen molar-refractivity contribution in [1.82, 2.24) is 0 Å². The zero-order valence-electron chi connectivity index (χ0n) is 10.8. The first-order valence-corrected chi connectivity index (χ1v) is 14.9. The van der Waals surface area contributed by atoms with Crippen molar-refractivity contribution in [1.29, 1.82) is 0 Å². The zero-order valence-corrected chi connectivity index (χ0v) is 15.4. The van der Waals surface area contributed by atoms with E-state index in [1.807, 2.05) is 0 Å². The summed E-state index contributed by atoms with van der Waals surface area (Å²) >= 11 is 0. The van der Waals surface area contributed by atoms with Crippen molar-refractivity contribution in [2.75, 3.05) is 6.61 Å². The molecule has 16 heavy (non-hydrogen) atoms. The Kier molecular flexibility index (Phi) is 7.31. The van der Waals surface area contributed by atoms with E-state index in [0.29, 0.717) is 0 Å². The molecule has 0 saturated carbocycles. The van der Waals surface area contributed by atoms with E-state index in [4.69, 9.17) is 16.8 Å². The van der Waals surface area contributed by atoms with Crippen LogP contribution < -0.4 is 0 Å². The minimum Gasteiger partial charge on any atom is -0.441 e. The largest absolute Gasteiger partial charge is 0.441 e. The minimum atomic E-state index is -1.50. The van der Waals surface area contributed by atoms with E-state index in [-0.39, 0.29) is 0 Å². The van der Waals surface area contributed by atoms with Crippen LogP contribution in [0.4, 0.5) is 0 Å². The molecule has 0 aromatic rings. The van der Waals surface area contributed by atoms with Gasteiger partial charge in [-0.1, -0.05) is 6.42 Å². The zero-order chi connectivity index (χ0) is 12.0. The third-order valence-corrected chi connectivity index (χ3v) is 14.0. The van der Waals surface area contributed by atoms with Gasteiger partial charge in [-0.3, -0.25) is 0 Å². The maximum Gasteiger partial charge on any atom is 0.309 e. The molecule has 1 rings (SSSR count). The molecule has 0 radical (unpaired) electrons. The highest BCUT2D eigenvalue weighted by Gasteiger charge is 2.20. The Hall–Kier alpha value is 0.708. The first-order chi connectivity index (χ1) is 7.58. The maximum absolute atomic E-state index is 6.01.